The van der Waals surface area contributed by atoms with Crippen LogP contribution in [0.5, 0.6) is 0 Å². The van der Waals surface area contributed by atoms with Gasteiger partial charge in [0, 0.05) is 6.54 Å². The van der Waals surface area contributed by atoms with Gasteiger partial charge in [-0.05, 0) is 12.5 Å². The monoisotopic (exact) mass is 209 g/mol. The van der Waals surface area contributed by atoms with E-state index in [1.54, 1.807) is 0 Å². The Morgan fingerprint density at radius 3 is 2.47 bits per heavy atom. The number of rotatable bonds is 5. The predicted octanol–water partition coefficient (Wildman–Crippen LogP) is 0.612. The molecule has 0 radical (unpaired) electrons. The van der Waals surface area contributed by atoms with Gasteiger partial charge < -0.3 is 10.2 Å². The average Bonchev–Trinajstić information content (AvgIpc) is 2.27. The number of aliphatic carboxylic acids is 1. The predicted molar refractivity (Wildman–Crippen MR) is 56.4 cm³/mol. The van der Waals surface area contributed by atoms with Crippen molar-refractivity contribution in [3.63, 3.8) is 0 Å². The molecule has 0 aromatic heterocycles. The van der Waals surface area contributed by atoms with Crippen LogP contribution >= 0.6 is 0 Å². The number of hydrogen-bond donors (Lipinski definition) is 3. The van der Waals surface area contributed by atoms with Crippen LogP contribution in [0.1, 0.15) is 12.5 Å². The van der Waals surface area contributed by atoms with E-state index in [0.29, 0.717) is 6.54 Å². The quantitative estimate of drug-likeness (QED) is 0.664. The molecular formula is C11H15NO3. The van der Waals surface area contributed by atoms with Crippen molar-refractivity contribution >= 4 is 5.97 Å². The Hall–Kier alpha value is -1.39. The second kappa shape index (κ2) is 4.91. The Morgan fingerprint density at radius 1 is 1.40 bits per heavy atom. The third-order valence-electron chi connectivity index (χ3n) is 2.31. The Kier molecular flexibility index (Phi) is 3.82. The van der Waals surface area contributed by atoms with Gasteiger partial charge in [0.05, 0.1) is 6.61 Å². The Morgan fingerprint density at radius 2 is 2.00 bits per heavy atom. The molecule has 0 aliphatic rings. The maximum Gasteiger partial charge on any atom is 0.326 e. The lowest BCUT2D eigenvalue weighted by molar-refractivity contribution is -0.145. The summed E-state index contributed by atoms with van der Waals surface area (Å²) in [5, 5.41) is 20.7. The average molecular weight is 209 g/mol. The molecule has 15 heavy (non-hydrogen) atoms. The highest BCUT2D eigenvalue weighted by Crippen LogP contribution is 2.05. The molecule has 4 nitrogen and oxygen atoms in total. The fraction of sp³-hybridized carbons (Fsp3) is 0.364. The lowest BCUT2D eigenvalue weighted by Gasteiger charge is -2.23. The van der Waals surface area contributed by atoms with Gasteiger partial charge in [-0.2, -0.15) is 0 Å². The number of nitrogens with one attached hydrogen (secondary N) is 1. The second-order valence-electron chi connectivity index (χ2n) is 3.63. The summed E-state index contributed by atoms with van der Waals surface area (Å²) in [6.07, 6.45) is 0. The van der Waals surface area contributed by atoms with Crippen molar-refractivity contribution in [2.45, 2.75) is 19.0 Å². The van der Waals surface area contributed by atoms with Crippen LogP contribution in [-0.4, -0.2) is 28.3 Å². The zero-order valence-corrected chi connectivity index (χ0v) is 8.60. The fourth-order valence-electron chi connectivity index (χ4n) is 1.09. The van der Waals surface area contributed by atoms with Crippen molar-refractivity contribution in [1.82, 2.24) is 5.32 Å². The molecule has 0 bridgehead atoms. The number of hydrogen-bond acceptors (Lipinski definition) is 3. The Bertz CT molecular complexity index is 326. The molecule has 0 amide bonds. The van der Waals surface area contributed by atoms with Crippen LogP contribution in [0.25, 0.3) is 0 Å². The van der Waals surface area contributed by atoms with E-state index in [2.05, 4.69) is 5.32 Å². The van der Waals surface area contributed by atoms with Gasteiger partial charge in [-0.1, -0.05) is 30.3 Å². The summed E-state index contributed by atoms with van der Waals surface area (Å²) in [6.45, 7) is 1.44. The van der Waals surface area contributed by atoms with E-state index in [0.717, 1.165) is 5.56 Å². The lowest BCUT2D eigenvalue weighted by atomic mass is 10.0. The normalized spacial score (nSPS) is 14.5. The van der Waals surface area contributed by atoms with Gasteiger partial charge in [-0.15, -0.1) is 0 Å². The third kappa shape index (κ3) is 3.04. The third-order valence-corrected chi connectivity index (χ3v) is 2.31. The van der Waals surface area contributed by atoms with Gasteiger partial charge in [0.15, 0.2) is 0 Å². The molecule has 0 aliphatic heterocycles. The van der Waals surface area contributed by atoms with Gasteiger partial charge >= 0.3 is 5.97 Å². The summed E-state index contributed by atoms with van der Waals surface area (Å²) < 4.78 is 0. The van der Waals surface area contributed by atoms with Crippen LogP contribution in [0.4, 0.5) is 0 Å². The van der Waals surface area contributed by atoms with Crippen molar-refractivity contribution in [1.29, 1.82) is 0 Å². The number of aliphatic hydroxyl groups excluding tert-OH is 1. The first-order valence-electron chi connectivity index (χ1n) is 4.72. The molecule has 1 unspecified atom stereocenters. The second-order valence-corrected chi connectivity index (χ2v) is 3.63. The van der Waals surface area contributed by atoms with Crippen molar-refractivity contribution in [3.8, 4) is 0 Å². The highest BCUT2D eigenvalue weighted by Gasteiger charge is 2.31. The minimum atomic E-state index is -1.28. The lowest BCUT2D eigenvalue weighted by Crippen LogP contribution is -2.52. The van der Waals surface area contributed by atoms with Crippen molar-refractivity contribution < 1.29 is 15.0 Å². The molecule has 0 aliphatic carbocycles. The summed E-state index contributed by atoms with van der Waals surface area (Å²) in [6, 6.07) is 9.45. The number of benzene rings is 1. The highest BCUT2D eigenvalue weighted by atomic mass is 16.4. The van der Waals surface area contributed by atoms with E-state index >= 15 is 0 Å². The first-order valence-corrected chi connectivity index (χ1v) is 4.72. The Balaban J connectivity index is 2.59. The van der Waals surface area contributed by atoms with Gasteiger partial charge in [0.25, 0.3) is 0 Å². The maximum absolute atomic E-state index is 10.9. The zero-order valence-electron chi connectivity index (χ0n) is 8.60. The van der Waals surface area contributed by atoms with Crippen molar-refractivity contribution in [3.05, 3.63) is 35.9 Å². The van der Waals surface area contributed by atoms with Gasteiger partial charge in [0.1, 0.15) is 5.54 Å². The van der Waals surface area contributed by atoms with Crippen LogP contribution in [0.15, 0.2) is 30.3 Å². The molecule has 0 saturated heterocycles. The van der Waals surface area contributed by atoms with E-state index in [9.17, 15) is 4.79 Å². The van der Waals surface area contributed by atoms with Crippen LogP contribution in [0.3, 0.4) is 0 Å². The molecule has 0 fully saturated rings. The van der Waals surface area contributed by atoms with Gasteiger partial charge in [-0.25, -0.2) is 0 Å². The molecule has 1 rings (SSSR count). The van der Waals surface area contributed by atoms with Gasteiger partial charge in [0.2, 0.25) is 0 Å². The molecule has 82 valence electrons. The van der Waals surface area contributed by atoms with E-state index in [4.69, 9.17) is 10.2 Å². The largest absolute Gasteiger partial charge is 0.480 e. The number of carboxylic acids is 1. The van der Waals surface area contributed by atoms with E-state index < -0.39 is 18.1 Å². The zero-order chi connectivity index (χ0) is 11.3. The number of carboxylic acid groups (broad SMARTS) is 1. The topological polar surface area (TPSA) is 69.6 Å². The van der Waals surface area contributed by atoms with Crippen LogP contribution < -0.4 is 5.32 Å². The van der Waals surface area contributed by atoms with Crippen LogP contribution in [0, 0.1) is 0 Å². The number of carbonyl (C=O) groups is 1. The molecule has 3 N–H and O–H groups in total. The summed E-state index contributed by atoms with van der Waals surface area (Å²) in [4.78, 5) is 10.9. The fourth-order valence-corrected chi connectivity index (χ4v) is 1.09. The molecule has 1 atom stereocenters. The SMILES string of the molecule is CC(CO)(NCc1ccccc1)C(=O)O. The van der Waals surface area contributed by atoms with E-state index in [-0.39, 0.29) is 0 Å². The molecule has 0 saturated carbocycles. The van der Waals surface area contributed by atoms with Crippen LogP contribution in [0.2, 0.25) is 0 Å². The van der Waals surface area contributed by atoms with Crippen molar-refractivity contribution in [2.75, 3.05) is 6.61 Å². The molecule has 1 aromatic rings. The summed E-state index contributed by atoms with van der Waals surface area (Å²) in [5.74, 6) is -1.05. The molecule has 0 heterocycles. The first-order chi connectivity index (χ1) is 7.08. The van der Waals surface area contributed by atoms with Gasteiger partial charge in [-0.3, -0.25) is 10.1 Å². The standard InChI is InChI=1S/C11H15NO3/c1-11(8-13,10(14)15)12-7-9-5-3-2-4-6-9/h2-6,12-13H,7-8H2,1H3,(H,14,15). The molecular weight excluding hydrogens is 194 g/mol. The number of aliphatic hydroxyl groups is 1. The smallest absolute Gasteiger partial charge is 0.326 e. The minimum Gasteiger partial charge on any atom is -0.480 e. The van der Waals surface area contributed by atoms with Crippen molar-refractivity contribution in [2.24, 2.45) is 0 Å². The van der Waals surface area contributed by atoms with E-state index in [1.807, 2.05) is 30.3 Å². The van der Waals surface area contributed by atoms with E-state index in [1.165, 1.54) is 6.92 Å². The molecule has 1 aromatic carbocycles. The Labute approximate surface area is 88.6 Å². The molecule has 4 heteroatoms. The summed E-state index contributed by atoms with van der Waals surface area (Å²) in [7, 11) is 0. The molecule has 0 spiro atoms. The summed E-state index contributed by atoms with van der Waals surface area (Å²) >= 11 is 0. The van der Waals surface area contributed by atoms with Crippen LogP contribution in [-0.2, 0) is 11.3 Å². The highest BCUT2D eigenvalue weighted by molar-refractivity contribution is 5.78. The minimum absolute atomic E-state index is 0.421. The maximum atomic E-state index is 10.9. The first kappa shape index (κ1) is 11.7. The summed E-state index contributed by atoms with van der Waals surface area (Å²) in [5.41, 5.74) is -0.297.